The Morgan fingerprint density at radius 3 is 2.27 bits per heavy atom. The molecule has 0 aliphatic carbocycles. The summed E-state index contributed by atoms with van der Waals surface area (Å²) in [7, 11) is 1.53. The molecule has 0 aliphatic rings. The van der Waals surface area contributed by atoms with Crippen LogP contribution in [0, 0.1) is 0 Å². The van der Waals surface area contributed by atoms with Gasteiger partial charge in [-0.2, -0.15) is 8.78 Å². The highest BCUT2D eigenvalue weighted by molar-refractivity contribution is 5.26. The Bertz CT molecular complexity index is 293. The molecule has 0 amide bonds. The van der Waals surface area contributed by atoms with Crippen LogP contribution in [0.25, 0.3) is 0 Å². The zero-order valence-corrected chi connectivity index (χ0v) is 9.19. The fourth-order valence-electron chi connectivity index (χ4n) is 1.53. The number of aryl methyl sites for hydroxylation is 1. The van der Waals surface area contributed by atoms with Gasteiger partial charge in [-0.1, -0.05) is 37.6 Å². The Morgan fingerprint density at radius 1 is 1.20 bits per heavy atom. The van der Waals surface area contributed by atoms with Crippen molar-refractivity contribution in [2.24, 2.45) is 0 Å². The maximum absolute atomic E-state index is 13.4. The Labute approximate surface area is 89.5 Å². The molecule has 84 valence electrons. The summed E-state index contributed by atoms with van der Waals surface area (Å²) in [6.45, 7) is 1.75. The number of nitrogens with one attached hydrogen (secondary N) is 1. The van der Waals surface area contributed by atoms with Crippen molar-refractivity contribution in [3.05, 3.63) is 35.4 Å². The highest BCUT2D eigenvalue weighted by Crippen LogP contribution is 2.27. The number of halogens is 2. The van der Waals surface area contributed by atoms with Gasteiger partial charge in [-0.3, -0.25) is 0 Å². The number of likely N-dealkylation sites (N-methyl/N-ethyl adjacent to an activating group) is 1. The predicted molar refractivity (Wildman–Crippen MR) is 58.3 cm³/mol. The first kappa shape index (κ1) is 12.1. The fourth-order valence-corrected chi connectivity index (χ4v) is 1.53. The SMILES string of the molecule is CCCc1ccc(C(F)(F)CNC)cc1. The highest BCUT2D eigenvalue weighted by atomic mass is 19.3. The molecule has 0 spiro atoms. The van der Waals surface area contributed by atoms with E-state index in [4.69, 9.17) is 0 Å². The van der Waals surface area contributed by atoms with Crippen LogP contribution in [0.1, 0.15) is 24.5 Å². The van der Waals surface area contributed by atoms with Crippen molar-refractivity contribution < 1.29 is 8.78 Å². The summed E-state index contributed by atoms with van der Waals surface area (Å²) in [5.41, 5.74) is 1.19. The molecular formula is C12H17F2N. The molecule has 1 aromatic rings. The molecule has 0 atom stereocenters. The smallest absolute Gasteiger partial charge is 0.285 e. The Balaban J connectivity index is 2.78. The zero-order valence-electron chi connectivity index (χ0n) is 9.19. The Kier molecular flexibility index (Phi) is 4.21. The monoisotopic (exact) mass is 213 g/mol. The highest BCUT2D eigenvalue weighted by Gasteiger charge is 2.29. The second-order valence-corrected chi connectivity index (χ2v) is 3.68. The topological polar surface area (TPSA) is 12.0 Å². The minimum absolute atomic E-state index is 0.0803. The van der Waals surface area contributed by atoms with E-state index in [-0.39, 0.29) is 12.1 Å². The first-order chi connectivity index (χ1) is 7.10. The van der Waals surface area contributed by atoms with Crippen LogP contribution in [-0.2, 0) is 12.3 Å². The summed E-state index contributed by atoms with van der Waals surface area (Å²) in [4.78, 5) is 0. The second kappa shape index (κ2) is 5.21. The van der Waals surface area contributed by atoms with Crippen molar-refractivity contribution in [3.8, 4) is 0 Å². The van der Waals surface area contributed by atoms with Crippen molar-refractivity contribution in [3.63, 3.8) is 0 Å². The molecule has 1 rings (SSSR count). The summed E-state index contributed by atoms with van der Waals surface area (Å²) >= 11 is 0. The van der Waals surface area contributed by atoms with E-state index in [1.807, 2.05) is 0 Å². The Hall–Kier alpha value is -0.960. The lowest BCUT2D eigenvalue weighted by atomic mass is 10.0. The average Bonchev–Trinajstić information content (AvgIpc) is 2.19. The van der Waals surface area contributed by atoms with Crippen LogP contribution in [0.4, 0.5) is 8.78 Å². The number of hydrogen-bond donors (Lipinski definition) is 1. The van der Waals surface area contributed by atoms with E-state index in [9.17, 15) is 8.78 Å². The largest absolute Gasteiger partial charge is 0.314 e. The van der Waals surface area contributed by atoms with Gasteiger partial charge in [0, 0.05) is 5.56 Å². The third kappa shape index (κ3) is 3.27. The van der Waals surface area contributed by atoms with Crippen molar-refractivity contribution in [1.82, 2.24) is 5.32 Å². The summed E-state index contributed by atoms with van der Waals surface area (Å²) < 4.78 is 26.8. The van der Waals surface area contributed by atoms with Crippen molar-refractivity contribution in [1.29, 1.82) is 0 Å². The number of hydrogen-bond acceptors (Lipinski definition) is 1. The number of rotatable bonds is 5. The first-order valence-corrected chi connectivity index (χ1v) is 5.22. The van der Waals surface area contributed by atoms with Crippen molar-refractivity contribution >= 4 is 0 Å². The van der Waals surface area contributed by atoms with Crippen LogP contribution >= 0.6 is 0 Å². The van der Waals surface area contributed by atoms with Gasteiger partial charge < -0.3 is 5.32 Å². The van der Waals surface area contributed by atoms with Gasteiger partial charge in [0.15, 0.2) is 0 Å². The molecule has 3 heteroatoms. The normalized spacial score (nSPS) is 11.7. The van der Waals surface area contributed by atoms with Gasteiger partial charge in [0.1, 0.15) is 0 Å². The fraction of sp³-hybridized carbons (Fsp3) is 0.500. The van der Waals surface area contributed by atoms with E-state index >= 15 is 0 Å². The summed E-state index contributed by atoms with van der Waals surface area (Å²) in [5, 5.41) is 2.50. The van der Waals surface area contributed by atoms with E-state index in [2.05, 4.69) is 12.2 Å². The van der Waals surface area contributed by atoms with Gasteiger partial charge in [-0.25, -0.2) is 0 Å². The van der Waals surface area contributed by atoms with Gasteiger partial charge in [0.2, 0.25) is 0 Å². The molecule has 0 aromatic heterocycles. The van der Waals surface area contributed by atoms with Crippen LogP contribution in [0.5, 0.6) is 0 Å². The molecule has 0 saturated heterocycles. The third-order valence-corrected chi connectivity index (χ3v) is 2.31. The number of benzene rings is 1. The maximum atomic E-state index is 13.4. The summed E-state index contributed by atoms with van der Waals surface area (Å²) in [6.07, 6.45) is 1.98. The lowest BCUT2D eigenvalue weighted by Gasteiger charge is -2.16. The van der Waals surface area contributed by atoms with Crippen molar-refractivity contribution in [2.45, 2.75) is 25.7 Å². The van der Waals surface area contributed by atoms with E-state index in [0.29, 0.717) is 0 Å². The quantitative estimate of drug-likeness (QED) is 0.793. The molecule has 0 fully saturated rings. The molecule has 15 heavy (non-hydrogen) atoms. The minimum atomic E-state index is -2.78. The molecule has 0 aliphatic heterocycles. The molecule has 0 saturated carbocycles. The van der Waals surface area contributed by atoms with Gasteiger partial charge in [-0.15, -0.1) is 0 Å². The van der Waals surface area contributed by atoms with Gasteiger partial charge in [0.25, 0.3) is 5.92 Å². The van der Waals surface area contributed by atoms with E-state index < -0.39 is 5.92 Å². The van der Waals surface area contributed by atoms with Crippen LogP contribution in [0.3, 0.4) is 0 Å². The van der Waals surface area contributed by atoms with Gasteiger partial charge >= 0.3 is 0 Å². The van der Waals surface area contributed by atoms with E-state index in [0.717, 1.165) is 18.4 Å². The summed E-state index contributed by atoms with van der Waals surface area (Å²) in [6, 6.07) is 6.59. The third-order valence-electron chi connectivity index (χ3n) is 2.31. The van der Waals surface area contributed by atoms with Gasteiger partial charge in [-0.05, 0) is 19.0 Å². The van der Waals surface area contributed by atoms with Crippen LogP contribution in [0.15, 0.2) is 24.3 Å². The molecule has 1 N–H and O–H groups in total. The molecule has 0 unspecified atom stereocenters. The van der Waals surface area contributed by atoms with Gasteiger partial charge in [0.05, 0.1) is 6.54 Å². The second-order valence-electron chi connectivity index (χ2n) is 3.68. The van der Waals surface area contributed by atoms with E-state index in [1.165, 1.54) is 19.2 Å². The molecular weight excluding hydrogens is 196 g/mol. The molecule has 0 bridgehead atoms. The molecule has 0 heterocycles. The molecule has 1 nitrogen and oxygen atoms in total. The van der Waals surface area contributed by atoms with Crippen LogP contribution in [-0.4, -0.2) is 13.6 Å². The zero-order chi connectivity index (χ0) is 11.3. The van der Waals surface area contributed by atoms with Crippen LogP contribution in [0.2, 0.25) is 0 Å². The predicted octanol–water partition coefficient (Wildman–Crippen LogP) is 2.95. The standard InChI is InChI=1S/C12H17F2N/c1-3-4-10-5-7-11(8-6-10)12(13,14)9-15-2/h5-8,15H,3-4,9H2,1-2H3. The van der Waals surface area contributed by atoms with Crippen molar-refractivity contribution in [2.75, 3.05) is 13.6 Å². The molecule has 1 aromatic carbocycles. The Morgan fingerprint density at radius 2 is 1.80 bits per heavy atom. The summed E-state index contributed by atoms with van der Waals surface area (Å²) in [5.74, 6) is -2.78. The first-order valence-electron chi connectivity index (χ1n) is 5.22. The lowest BCUT2D eigenvalue weighted by Crippen LogP contribution is -2.27. The van der Waals surface area contributed by atoms with E-state index in [1.54, 1.807) is 12.1 Å². The van der Waals surface area contributed by atoms with Crippen LogP contribution < -0.4 is 5.32 Å². The minimum Gasteiger partial charge on any atom is -0.314 e. The lowest BCUT2D eigenvalue weighted by molar-refractivity contribution is -0.00126. The maximum Gasteiger partial charge on any atom is 0.285 e. The number of alkyl halides is 2. The average molecular weight is 213 g/mol. The molecule has 0 radical (unpaired) electrons.